The van der Waals surface area contributed by atoms with Crippen molar-refractivity contribution in [2.24, 2.45) is 0 Å². The van der Waals surface area contributed by atoms with Crippen LogP contribution in [-0.2, 0) is 16.5 Å². The van der Waals surface area contributed by atoms with Crippen molar-refractivity contribution >= 4 is 10.1 Å². The van der Waals surface area contributed by atoms with Gasteiger partial charge in [0.15, 0.2) is 0 Å². The zero-order valence-corrected chi connectivity index (χ0v) is 40.7. The van der Waals surface area contributed by atoms with E-state index in [4.69, 9.17) is 0 Å². The SMILES string of the molecule is CCCCCCCCCCCCCCCCCCCCCCCCCCCCCCCCCCCCCCCCCCCCCCCCCc1ccccc1S(=O)(=O)O. The van der Waals surface area contributed by atoms with Crippen molar-refractivity contribution in [2.45, 2.75) is 320 Å². The monoisotopic (exact) mass is 845 g/mol. The van der Waals surface area contributed by atoms with Crippen LogP contribution in [0.15, 0.2) is 29.2 Å². The molecule has 0 saturated carbocycles. The average molecular weight is 846 g/mol. The number of hydrogen-bond donors (Lipinski definition) is 1. The van der Waals surface area contributed by atoms with Gasteiger partial charge in [0.25, 0.3) is 10.1 Å². The summed E-state index contributed by atoms with van der Waals surface area (Å²) in [4.78, 5) is 0.0717. The van der Waals surface area contributed by atoms with Crippen LogP contribution in [0.25, 0.3) is 0 Å². The first-order valence-electron chi connectivity index (χ1n) is 27.1. The molecule has 0 amide bonds. The van der Waals surface area contributed by atoms with Crippen molar-refractivity contribution in [1.82, 2.24) is 0 Å². The fourth-order valence-corrected chi connectivity index (χ4v) is 10.1. The number of benzene rings is 1. The van der Waals surface area contributed by atoms with Gasteiger partial charge in [-0.1, -0.05) is 320 Å². The highest BCUT2D eigenvalue weighted by Gasteiger charge is 2.14. The molecule has 348 valence electrons. The molecule has 1 N–H and O–H groups in total. The Morgan fingerprint density at radius 2 is 0.492 bits per heavy atom. The molecule has 0 bridgehead atoms. The summed E-state index contributed by atoms with van der Waals surface area (Å²) in [7, 11) is -4.12. The quantitative estimate of drug-likeness (QED) is 0.0525. The van der Waals surface area contributed by atoms with Gasteiger partial charge in [0, 0.05) is 0 Å². The minimum absolute atomic E-state index is 0.0717. The molecule has 1 aromatic carbocycles. The molecule has 0 aliphatic carbocycles. The van der Waals surface area contributed by atoms with Crippen LogP contribution in [0.1, 0.15) is 314 Å². The molecule has 4 heteroatoms. The first-order chi connectivity index (χ1) is 29.1. The van der Waals surface area contributed by atoms with Crippen LogP contribution in [0.2, 0.25) is 0 Å². The van der Waals surface area contributed by atoms with E-state index in [0.29, 0.717) is 0 Å². The second-order valence-electron chi connectivity index (χ2n) is 19.1. The molecule has 0 aromatic heterocycles. The maximum Gasteiger partial charge on any atom is 0.294 e. The third-order valence-electron chi connectivity index (χ3n) is 13.3. The lowest BCUT2D eigenvalue weighted by Crippen LogP contribution is -2.03. The van der Waals surface area contributed by atoms with E-state index >= 15 is 0 Å². The summed E-state index contributed by atoms with van der Waals surface area (Å²) in [5, 5.41) is 0. The van der Waals surface area contributed by atoms with Crippen LogP contribution in [0.5, 0.6) is 0 Å². The fraction of sp³-hybridized carbons (Fsp3) is 0.891. The van der Waals surface area contributed by atoms with Crippen LogP contribution in [0.3, 0.4) is 0 Å². The Labute approximate surface area is 371 Å². The second kappa shape index (κ2) is 45.2. The molecular formula is C55H104O3S. The fourth-order valence-electron chi connectivity index (χ4n) is 9.31. The van der Waals surface area contributed by atoms with Gasteiger partial charge in [-0.2, -0.15) is 8.42 Å². The second-order valence-corrected chi connectivity index (χ2v) is 20.5. The van der Waals surface area contributed by atoms with E-state index in [9.17, 15) is 13.0 Å². The van der Waals surface area contributed by atoms with Crippen molar-refractivity contribution < 1.29 is 13.0 Å². The highest BCUT2D eigenvalue weighted by atomic mass is 32.2. The molecule has 0 atom stereocenters. The van der Waals surface area contributed by atoms with E-state index < -0.39 is 10.1 Å². The van der Waals surface area contributed by atoms with Gasteiger partial charge in [0.1, 0.15) is 0 Å². The normalized spacial score (nSPS) is 11.9. The average Bonchev–Trinajstić information content (AvgIpc) is 3.23. The summed E-state index contributed by atoms with van der Waals surface area (Å²) < 4.78 is 32.4. The van der Waals surface area contributed by atoms with Gasteiger partial charge in [-0.3, -0.25) is 4.55 Å². The van der Waals surface area contributed by atoms with E-state index in [1.54, 1.807) is 6.07 Å². The van der Waals surface area contributed by atoms with Crippen LogP contribution >= 0.6 is 0 Å². The summed E-state index contributed by atoms with van der Waals surface area (Å²) in [5.74, 6) is 0. The summed E-state index contributed by atoms with van der Waals surface area (Å²) in [6.45, 7) is 2.31. The Hall–Kier alpha value is -0.870. The zero-order valence-electron chi connectivity index (χ0n) is 39.9. The number of hydrogen-bond acceptors (Lipinski definition) is 2. The van der Waals surface area contributed by atoms with Gasteiger partial charge >= 0.3 is 0 Å². The lowest BCUT2D eigenvalue weighted by molar-refractivity contribution is 0.481. The zero-order chi connectivity index (χ0) is 42.4. The predicted octanol–water partition coefficient (Wildman–Crippen LogP) is 19.8. The van der Waals surface area contributed by atoms with Crippen LogP contribution < -0.4 is 0 Å². The lowest BCUT2D eigenvalue weighted by Gasteiger charge is -2.07. The Morgan fingerprint density at radius 1 is 0.305 bits per heavy atom. The lowest BCUT2D eigenvalue weighted by atomic mass is 10.0. The number of rotatable bonds is 49. The van der Waals surface area contributed by atoms with Gasteiger partial charge in [-0.25, -0.2) is 0 Å². The largest absolute Gasteiger partial charge is 0.294 e. The standard InChI is InChI=1S/C55H104O3S/c1-2-3-4-5-6-7-8-9-10-11-12-13-14-15-16-17-18-19-20-21-22-23-24-25-26-27-28-29-30-31-32-33-34-35-36-37-38-39-40-41-42-43-44-45-46-47-48-51-54-52-49-50-53-55(54)59(56,57)58/h49-50,52-53H,2-48,51H2,1H3,(H,56,57,58). The van der Waals surface area contributed by atoms with Gasteiger partial charge in [0.05, 0.1) is 4.90 Å². The number of unbranched alkanes of at least 4 members (excludes halogenated alkanes) is 46. The van der Waals surface area contributed by atoms with Crippen LogP contribution in [-0.4, -0.2) is 13.0 Å². The van der Waals surface area contributed by atoms with E-state index in [0.717, 1.165) is 24.8 Å². The molecule has 1 rings (SSSR count). The van der Waals surface area contributed by atoms with Crippen molar-refractivity contribution in [3.8, 4) is 0 Å². The Kier molecular flexibility index (Phi) is 43.0. The maximum atomic E-state index is 11.5. The van der Waals surface area contributed by atoms with Crippen molar-refractivity contribution in [2.75, 3.05) is 0 Å². The molecule has 0 unspecified atom stereocenters. The first-order valence-corrected chi connectivity index (χ1v) is 28.5. The molecule has 1 aromatic rings. The summed E-state index contributed by atoms with van der Waals surface area (Å²) in [6.07, 6.45) is 68.0. The van der Waals surface area contributed by atoms with E-state index in [1.165, 1.54) is 295 Å². The van der Waals surface area contributed by atoms with E-state index in [-0.39, 0.29) is 4.90 Å². The van der Waals surface area contributed by atoms with Crippen LogP contribution in [0.4, 0.5) is 0 Å². The molecule has 59 heavy (non-hydrogen) atoms. The Bertz CT molecular complexity index is 1070. The van der Waals surface area contributed by atoms with Gasteiger partial charge in [-0.05, 0) is 24.5 Å². The summed E-state index contributed by atoms with van der Waals surface area (Å²) in [6, 6.07) is 6.82. The Morgan fingerprint density at radius 3 is 0.695 bits per heavy atom. The molecular weight excluding hydrogens is 741 g/mol. The molecule has 0 aliphatic heterocycles. The van der Waals surface area contributed by atoms with E-state index in [1.807, 2.05) is 12.1 Å². The molecule has 0 aliphatic rings. The first kappa shape index (κ1) is 56.1. The summed E-state index contributed by atoms with van der Waals surface area (Å²) in [5.41, 5.74) is 0.738. The molecule has 0 saturated heterocycles. The Balaban J connectivity index is 1.64. The minimum atomic E-state index is -4.12. The maximum absolute atomic E-state index is 11.5. The minimum Gasteiger partial charge on any atom is -0.282 e. The molecule has 0 radical (unpaired) electrons. The highest BCUT2D eigenvalue weighted by molar-refractivity contribution is 7.85. The van der Waals surface area contributed by atoms with E-state index in [2.05, 4.69) is 6.92 Å². The molecule has 3 nitrogen and oxygen atoms in total. The molecule has 0 heterocycles. The molecule has 0 fully saturated rings. The van der Waals surface area contributed by atoms with Gasteiger partial charge in [-0.15, -0.1) is 0 Å². The topological polar surface area (TPSA) is 54.4 Å². The summed E-state index contributed by atoms with van der Waals surface area (Å²) >= 11 is 0. The van der Waals surface area contributed by atoms with Crippen LogP contribution in [0, 0.1) is 0 Å². The van der Waals surface area contributed by atoms with Crippen molar-refractivity contribution in [1.29, 1.82) is 0 Å². The van der Waals surface area contributed by atoms with Crippen molar-refractivity contribution in [3.63, 3.8) is 0 Å². The smallest absolute Gasteiger partial charge is 0.282 e. The molecule has 0 spiro atoms. The number of aryl methyl sites for hydroxylation is 1. The predicted molar refractivity (Wildman–Crippen MR) is 263 cm³/mol. The third-order valence-corrected chi connectivity index (χ3v) is 14.3. The third kappa shape index (κ3) is 40.9. The van der Waals surface area contributed by atoms with Crippen molar-refractivity contribution in [3.05, 3.63) is 29.8 Å². The van der Waals surface area contributed by atoms with Gasteiger partial charge < -0.3 is 0 Å². The highest BCUT2D eigenvalue weighted by Crippen LogP contribution is 2.21. The van der Waals surface area contributed by atoms with Gasteiger partial charge in [0.2, 0.25) is 0 Å².